The van der Waals surface area contributed by atoms with Crippen molar-refractivity contribution in [3.8, 4) is 22.6 Å². The first-order valence-corrected chi connectivity index (χ1v) is 10.4. The van der Waals surface area contributed by atoms with E-state index < -0.39 is 0 Å². The monoisotopic (exact) mass is 407 g/mol. The molecule has 2 aromatic carbocycles. The number of nitrogen functional groups attached to an aromatic ring is 1. The highest BCUT2D eigenvalue weighted by atomic mass is 31.0. The molecule has 1 fully saturated rings. The standard InChI is InChI=1S/C22H26N5OP/c23-21-20(17-6-8-19(9-7-17)28-18-4-2-1-3-5-18)22(26-15-25-21)24-14-16-10-12-27(29)13-11-16/h1-9,15-16H,10-14,29H2,(H3,23,24,25,26). The van der Waals surface area contributed by atoms with Gasteiger partial charge in [-0.25, -0.2) is 9.97 Å². The van der Waals surface area contributed by atoms with E-state index in [9.17, 15) is 0 Å². The molecule has 7 heteroatoms. The Labute approximate surface area is 173 Å². The Morgan fingerprint density at radius 1 is 1.00 bits per heavy atom. The fourth-order valence-electron chi connectivity index (χ4n) is 3.53. The van der Waals surface area contributed by atoms with Gasteiger partial charge in [0.1, 0.15) is 29.5 Å². The number of hydrogen-bond acceptors (Lipinski definition) is 6. The van der Waals surface area contributed by atoms with Gasteiger partial charge in [-0.1, -0.05) is 39.7 Å². The molecular weight excluding hydrogens is 381 g/mol. The summed E-state index contributed by atoms with van der Waals surface area (Å²) < 4.78 is 8.18. The van der Waals surface area contributed by atoms with Gasteiger partial charge in [0.2, 0.25) is 0 Å². The van der Waals surface area contributed by atoms with Crippen molar-refractivity contribution in [3.63, 3.8) is 0 Å². The van der Waals surface area contributed by atoms with Crippen LogP contribution in [0.3, 0.4) is 0 Å². The van der Waals surface area contributed by atoms with Crippen LogP contribution in [0.2, 0.25) is 0 Å². The van der Waals surface area contributed by atoms with Crippen molar-refractivity contribution in [2.75, 3.05) is 30.7 Å². The molecule has 6 nitrogen and oxygen atoms in total. The number of benzene rings is 2. The Kier molecular flexibility index (Phi) is 6.23. The maximum atomic E-state index is 6.21. The molecule has 1 unspecified atom stereocenters. The molecule has 0 radical (unpaired) electrons. The number of aromatic nitrogens is 2. The summed E-state index contributed by atoms with van der Waals surface area (Å²) in [4.78, 5) is 8.65. The first-order chi connectivity index (χ1) is 14.2. The van der Waals surface area contributed by atoms with Gasteiger partial charge in [-0.15, -0.1) is 0 Å². The van der Waals surface area contributed by atoms with Crippen LogP contribution in [0.5, 0.6) is 11.5 Å². The molecule has 29 heavy (non-hydrogen) atoms. The summed E-state index contributed by atoms with van der Waals surface area (Å²) in [5.41, 5.74) is 8.01. The molecule has 1 aliphatic rings. The van der Waals surface area contributed by atoms with Crippen molar-refractivity contribution in [1.82, 2.24) is 14.6 Å². The molecular formula is C22H26N5OP. The Bertz CT molecular complexity index is 928. The lowest BCUT2D eigenvalue weighted by molar-refractivity contribution is 0.300. The number of para-hydroxylation sites is 1. The normalized spacial score (nSPS) is 15.2. The fourth-order valence-corrected chi connectivity index (χ4v) is 3.83. The third-order valence-electron chi connectivity index (χ3n) is 5.21. The van der Waals surface area contributed by atoms with Gasteiger partial charge in [0.05, 0.1) is 5.56 Å². The average molecular weight is 407 g/mol. The Morgan fingerprint density at radius 2 is 1.69 bits per heavy atom. The molecule has 150 valence electrons. The van der Waals surface area contributed by atoms with E-state index in [2.05, 4.69) is 29.3 Å². The fraction of sp³-hybridized carbons (Fsp3) is 0.273. The van der Waals surface area contributed by atoms with Crippen molar-refractivity contribution in [2.24, 2.45) is 5.92 Å². The van der Waals surface area contributed by atoms with Crippen LogP contribution in [-0.2, 0) is 0 Å². The molecule has 1 aromatic heterocycles. The van der Waals surface area contributed by atoms with Gasteiger partial charge < -0.3 is 15.8 Å². The SMILES string of the molecule is Nc1ncnc(NCC2CCN(P)CC2)c1-c1ccc(Oc2ccccc2)cc1. The van der Waals surface area contributed by atoms with E-state index in [1.54, 1.807) is 0 Å². The van der Waals surface area contributed by atoms with E-state index in [1.165, 1.54) is 19.2 Å². The predicted octanol–water partition coefficient (Wildman–Crippen LogP) is 4.43. The largest absolute Gasteiger partial charge is 0.457 e. The summed E-state index contributed by atoms with van der Waals surface area (Å²) in [6.07, 6.45) is 3.87. The summed E-state index contributed by atoms with van der Waals surface area (Å²) in [7, 11) is 2.79. The first kappa shape index (κ1) is 19.6. The van der Waals surface area contributed by atoms with Crippen LogP contribution in [0, 0.1) is 5.92 Å². The van der Waals surface area contributed by atoms with Crippen molar-refractivity contribution in [2.45, 2.75) is 12.8 Å². The minimum absolute atomic E-state index is 0.471. The molecule has 1 saturated heterocycles. The van der Waals surface area contributed by atoms with Crippen LogP contribution >= 0.6 is 9.39 Å². The van der Waals surface area contributed by atoms with Crippen LogP contribution in [0.4, 0.5) is 11.6 Å². The lowest BCUT2D eigenvalue weighted by atomic mass is 9.98. The minimum Gasteiger partial charge on any atom is -0.457 e. The van der Waals surface area contributed by atoms with Gasteiger partial charge in [0.15, 0.2) is 0 Å². The molecule has 0 bridgehead atoms. The topological polar surface area (TPSA) is 76.3 Å². The second-order valence-electron chi connectivity index (χ2n) is 7.28. The van der Waals surface area contributed by atoms with Crippen LogP contribution < -0.4 is 15.8 Å². The lowest BCUT2D eigenvalue weighted by Crippen LogP contribution is -2.29. The van der Waals surface area contributed by atoms with Gasteiger partial charge >= 0.3 is 0 Å². The third kappa shape index (κ3) is 5.03. The zero-order chi connectivity index (χ0) is 20.1. The third-order valence-corrected chi connectivity index (χ3v) is 5.72. The van der Waals surface area contributed by atoms with Crippen LogP contribution in [0.15, 0.2) is 60.9 Å². The van der Waals surface area contributed by atoms with E-state index in [0.717, 1.165) is 48.1 Å². The number of piperidine rings is 1. The van der Waals surface area contributed by atoms with Crippen molar-refractivity contribution < 1.29 is 4.74 Å². The smallest absolute Gasteiger partial charge is 0.139 e. The molecule has 0 amide bonds. The van der Waals surface area contributed by atoms with Crippen molar-refractivity contribution in [3.05, 3.63) is 60.9 Å². The number of nitrogens with one attached hydrogen (secondary N) is 1. The molecule has 0 aliphatic carbocycles. The van der Waals surface area contributed by atoms with Gasteiger partial charge in [-0.3, -0.25) is 4.67 Å². The Morgan fingerprint density at radius 3 is 2.41 bits per heavy atom. The maximum absolute atomic E-state index is 6.21. The van der Waals surface area contributed by atoms with Crippen LogP contribution in [0.25, 0.3) is 11.1 Å². The molecule has 4 rings (SSSR count). The van der Waals surface area contributed by atoms with E-state index in [-0.39, 0.29) is 0 Å². The number of anilines is 2. The Balaban J connectivity index is 1.49. The van der Waals surface area contributed by atoms with Crippen molar-refractivity contribution in [1.29, 1.82) is 0 Å². The molecule has 1 aliphatic heterocycles. The maximum Gasteiger partial charge on any atom is 0.139 e. The van der Waals surface area contributed by atoms with Crippen molar-refractivity contribution >= 4 is 21.0 Å². The predicted molar refractivity (Wildman–Crippen MR) is 121 cm³/mol. The second kappa shape index (κ2) is 9.21. The number of hydrogen-bond donors (Lipinski definition) is 2. The molecule has 2 heterocycles. The molecule has 0 spiro atoms. The van der Waals surface area contributed by atoms with Gasteiger partial charge in [-0.2, -0.15) is 0 Å². The summed E-state index contributed by atoms with van der Waals surface area (Å²) in [5.74, 6) is 3.47. The summed E-state index contributed by atoms with van der Waals surface area (Å²) in [6, 6.07) is 17.6. The summed E-state index contributed by atoms with van der Waals surface area (Å²) in [5, 5.41) is 3.50. The molecule has 3 N–H and O–H groups in total. The number of ether oxygens (including phenoxy) is 1. The summed E-state index contributed by atoms with van der Waals surface area (Å²) in [6.45, 7) is 3.11. The zero-order valence-corrected chi connectivity index (χ0v) is 17.4. The van der Waals surface area contributed by atoms with E-state index in [4.69, 9.17) is 10.5 Å². The molecule has 3 aromatic rings. The van der Waals surface area contributed by atoms with Crippen LogP contribution in [0.1, 0.15) is 12.8 Å². The minimum atomic E-state index is 0.471. The average Bonchev–Trinajstić information content (AvgIpc) is 2.75. The molecule has 0 saturated carbocycles. The van der Waals surface area contributed by atoms with Gasteiger partial charge in [0.25, 0.3) is 0 Å². The number of rotatable bonds is 6. The highest BCUT2D eigenvalue weighted by molar-refractivity contribution is 7.13. The summed E-state index contributed by atoms with van der Waals surface area (Å²) >= 11 is 0. The van der Waals surface area contributed by atoms with E-state index in [1.807, 2.05) is 54.6 Å². The zero-order valence-electron chi connectivity index (χ0n) is 16.3. The highest BCUT2D eigenvalue weighted by Crippen LogP contribution is 2.33. The van der Waals surface area contributed by atoms with Gasteiger partial charge in [0, 0.05) is 19.6 Å². The molecule has 1 atom stereocenters. The first-order valence-electron chi connectivity index (χ1n) is 9.86. The quantitative estimate of drug-likeness (QED) is 0.589. The van der Waals surface area contributed by atoms with Gasteiger partial charge in [-0.05, 0) is 48.6 Å². The lowest BCUT2D eigenvalue weighted by Gasteiger charge is -2.29. The van der Waals surface area contributed by atoms with E-state index >= 15 is 0 Å². The number of nitrogens with two attached hydrogens (primary N) is 1. The van der Waals surface area contributed by atoms with E-state index in [0.29, 0.717) is 11.7 Å². The number of nitrogens with zero attached hydrogens (tertiary/aromatic N) is 3. The Hall–Kier alpha value is -2.69. The highest BCUT2D eigenvalue weighted by Gasteiger charge is 2.18. The van der Waals surface area contributed by atoms with Crippen LogP contribution in [-0.4, -0.2) is 34.3 Å². The second-order valence-corrected chi connectivity index (χ2v) is 8.01.